The van der Waals surface area contributed by atoms with Crippen molar-refractivity contribution in [3.8, 4) is 11.1 Å². The number of nitrogens with two attached hydrogens (primary N) is 1. The number of aromatic nitrogens is 2. The molecule has 3 N–H and O–H groups in total. The van der Waals surface area contributed by atoms with Gasteiger partial charge in [-0.05, 0) is 30.0 Å². The summed E-state index contributed by atoms with van der Waals surface area (Å²) in [6.07, 6.45) is 4.13. The smallest absolute Gasteiger partial charge is 0.231 e. The maximum Gasteiger partial charge on any atom is 0.231 e. The van der Waals surface area contributed by atoms with Crippen LogP contribution in [0.2, 0.25) is 5.02 Å². The van der Waals surface area contributed by atoms with Crippen LogP contribution in [0.3, 0.4) is 0 Å². The van der Waals surface area contributed by atoms with E-state index in [1.807, 2.05) is 30.3 Å². The van der Waals surface area contributed by atoms with Crippen molar-refractivity contribution in [3.05, 3.63) is 58.9 Å². The lowest BCUT2D eigenvalue weighted by molar-refractivity contribution is -0.115. The van der Waals surface area contributed by atoms with Crippen molar-refractivity contribution in [1.82, 2.24) is 10.1 Å². The van der Waals surface area contributed by atoms with E-state index >= 15 is 0 Å². The minimum Gasteiger partial charge on any atom is -0.382 e. The third-order valence-electron chi connectivity index (χ3n) is 4.91. The number of benzene rings is 1. The molecule has 3 aromatic rings. The van der Waals surface area contributed by atoms with Crippen molar-refractivity contribution in [2.75, 3.05) is 11.1 Å². The molecule has 0 saturated heterocycles. The zero-order valence-electron chi connectivity index (χ0n) is 14.8. The molecule has 27 heavy (non-hydrogen) atoms. The van der Waals surface area contributed by atoms with Crippen LogP contribution in [-0.4, -0.2) is 16.0 Å². The molecule has 0 aliphatic heterocycles. The average molecular weight is 383 g/mol. The van der Waals surface area contributed by atoms with Crippen LogP contribution in [0.15, 0.2) is 47.1 Å². The Hall–Kier alpha value is -2.86. The van der Waals surface area contributed by atoms with Gasteiger partial charge in [-0.25, -0.2) is 4.98 Å². The highest BCUT2D eigenvalue weighted by Crippen LogP contribution is 2.47. The third kappa shape index (κ3) is 3.80. The summed E-state index contributed by atoms with van der Waals surface area (Å²) in [5.41, 5.74) is 9.36. The molecule has 1 fully saturated rings. The monoisotopic (exact) mass is 382 g/mol. The fraction of sp³-hybridized carbons (Fsp3) is 0.250. The van der Waals surface area contributed by atoms with Gasteiger partial charge in [-0.1, -0.05) is 47.9 Å². The lowest BCUT2D eigenvalue weighted by atomic mass is 10.0. The van der Waals surface area contributed by atoms with Gasteiger partial charge in [0.2, 0.25) is 11.8 Å². The highest BCUT2D eigenvalue weighted by atomic mass is 35.5. The Morgan fingerprint density at radius 1 is 1.26 bits per heavy atom. The summed E-state index contributed by atoms with van der Waals surface area (Å²) in [5, 5.41) is 7.23. The maximum atomic E-state index is 12.3. The zero-order chi connectivity index (χ0) is 19.0. The summed E-state index contributed by atoms with van der Waals surface area (Å²) in [6.45, 7) is 2.14. The molecule has 7 heteroatoms. The van der Waals surface area contributed by atoms with Gasteiger partial charge in [0.25, 0.3) is 0 Å². The number of hydrogen-bond acceptors (Lipinski definition) is 5. The second kappa shape index (κ2) is 6.70. The number of nitrogens with zero attached hydrogens (tertiary/aromatic N) is 2. The summed E-state index contributed by atoms with van der Waals surface area (Å²) in [7, 11) is 0. The van der Waals surface area contributed by atoms with Crippen LogP contribution in [0.5, 0.6) is 0 Å². The lowest BCUT2D eigenvalue weighted by Crippen LogP contribution is -2.13. The molecule has 0 bridgehead atoms. The van der Waals surface area contributed by atoms with Crippen molar-refractivity contribution < 1.29 is 9.32 Å². The molecule has 1 saturated carbocycles. The largest absolute Gasteiger partial charge is 0.382 e. The van der Waals surface area contributed by atoms with Gasteiger partial charge >= 0.3 is 0 Å². The highest BCUT2D eigenvalue weighted by molar-refractivity contribution is 6.33. The number of anilines is 2. The predicted octanol–water partition coefficient (Wildman–Crippen LogP) is 4.20. The quantitative estimate of drug-likeness (QED) is 0.689. The molecule has 1 amide bonds. The molecule has 0 spiro atoms. The molecule has 1 aliphatic rings. The second-order valence-electron chi connectivity index (χ2n) is 7.15. The van der Waals surface area contributed by atoms with Crippen molar-refractivity contribution >= 4 is 29.2 Å². The van der Waals surface area contributed by atoms with Crippen molar-refractivity contribution in [2.24, 2.45) is 0 Å². The summed E-state index contributed by atoms with van der Waals surface area (Å²) < 4.78 is 5.23. The zero-order valence-corrected chi connectivity index (χ0v) is 15.6. The van der Waals surface area contributed by atoms with E-state index in [9.17, 15) is 4.79 Å². The minimum atomic E-state index is -0.149. The molecule has 1 aliphatic carbocycles. The van der Waals surface area contributed by atoms with Gasteiger partial charge in [0.05, 0.1) is 17.1 Å². The van der Waals surface area contributed by atoms with E-state index in [0.717, 1.165) is 35.2 Å². The van der Waals surface area contributed by atoms with Crippen LogP contribution < -0.4 is 11.1 Å². The number of amides is 1. The molecular weight excluding hydrogens is 364 g/mol. The Balaban J connectivity index is 1.39. The van der Waals surface area contributed by atoms with Crippen molar-refractivity contribution in [1.29, 1.82) is 0 Å². The van der Waals surface area contributed by atoms with E-state index in [1.54, 1.807) is 12.3 Å². The second-order valence-corrected chi connectivity index (χ2v) is 7.56. The molecule has 2 aromatic heterocycles. The Kier molecular flexibility index (Phi) is 4.36. The summed E-state index contributed by atoms with van der Waals surface area (Å²) in [5.74, 6) is 0.547. The normalized spacial score (nSPS) is 14.7. The van der Waals surface area contributed by atoms with Crippen LogP contribution in [0.1, 0.15) is 31.0 Å². The van der Waals surface area contributed by atoms with Gasteiger partial charge in [0.15, 0.2) is 0 Å². The molecule has 2 heterocycles. The number of carbonyl (C=O) groups excluding carboxylic acids is 1. The third-order valence-corrected chi connectivity index (χ3v) is 5.22. The first-order chi connectivity index (χ1) is 12.9. The van der Waals surface area contributed by atoms with Crippen molar-refractivity contribution in [3.63, 3.8) is 0 Å². The van der Waals surface area contributed by atoms with Gasteiger partial charge in [-0.3, -0.25) is 10.1 Å². The van der Waals surface area contributed by atoms with Gasteiger partial charge in [0.1, 0.15) is 5.82 Å². The van der Waals surface area contributed by atoms with Crippen LogP contribution in [-0.2, 0) is 16.6 Å². The van der Waals surface area contributed by atoms with E-state index in [4.69, 9.17) is 21.9 Å². The number of carbonyl (C=O) groups is 1. The summed E-state index contributed by atoms with van der Waals surface area (Å²) in [4.78, 5) is 16.3. The minimum absolute atomic E-state index is 0.113. The molecular formula is C20H19ClN4O2. The summed E-state index contributed by atoms with van der Waals surface area (Å²) in [6, 6.07) is 11.2. The Labute approximate surface area is 161 Å². The molecule has 4 rings (SSSR count). The number of pyridine rings is 1. The number of halogens is 1. The molecule has 0 radical (unpaired) electrons. The molecule has 0 atom stereocenters. The van der Waals surface area contributed by atoms with Crippen LogP contribution in [0.4, 0.5) is 11.7 Å². The Morgan fingerprint density at radius 3 is 2.67 bits per heavy atom. The SMILES string of the molecule is CC1(c2cc(NC(=O)Cc3ccc(-c4cnc(N)c(Cl)c4)cc3)on2)CC1. The van der Waals surface area contributed by atoms with Gasteiger partial charge in [-0.2, -0.15) is 0 Å². The van der Waals surface area contributed by atoms with E-state index < -0.39 is 0 Å². The fourth-order valence-electron chi connectivity index (χ4n) is 2.85. The molecule has 1 aromatic carbocycles. The van der Waals surface area contributed by atoms with Crippen LogP contribution in [0, 0.1) is 0 Å². The molecule has 6 nitrogen and oxygen atoms in total. The highest BCUT2D eigenvalue weighted by Gasteiger charge is 2.42. The predicted molar refractivity (Wildman–Crippen MR) is 105 cm³/mol. The number of rotatable bonds is 5. The first kappa shape index (κ1) is 17.5. The van der Waals surface area contributed by atoms with Gasteiger partial charge < -0.3 is 10.3 Å². The van der Waals surface area contributed by atoms with Crippen LogP contribution in [0.25, 0.3) is 11.1 Å². The average Bonchev–Trinajstić information content (AvgIpc) is 3.22. The first-order valence-electron chi connectivity index (χ1n) is 8.70. The topological polar surface area (TPSA) is 94.0 Å². The Bertz CT molecular complexity index is 993. The van der Waals surface area contributed by atoms with E-state index in [2.05, 4.69) is 22.4 Å². The number of nitrogens with one attached hydrogen (secondary N) is 1. The van der Waals surface area contributed by atoms with Gasteiger partial charge in [-0.15, -0.1) is 0 Å². The standard InChI is InChI=1S/C20H19ClN4O2/c1-20(6-7-20)16-10-18(27-25-16)24-17(26)8-12-2-4-13(5-3-12)14-9-15(21)19(22)23-11-14/h2-5,9-11H,6-8H2,1H3,(H2,22,23)(H,24,26). The summed E-state index contributed by atoms with van der Waals surface area (Å²) >= 11 is 6.02. The molecule has 138 valence electrons. The lowest BCUT2D eigenvalue weighted by Gasteiger charge is -2.06. The van der Waals surface area contributed by atoms with E-state index in [1.165, 1.54) is 0 Å². The Morgan fingerprint density at radius 2 is 2.00 bits per heavy atom. The number of hydrogen-bond donors (Lipinski definition) is 2. The van der Waals surface area contributed by atoms with Crippen molar-refractivity contribution in [2.45, 2.75) is 31.6 Å². The maximum absolute atomic E-state index is 12.3. The fourth-order valence-corrected chi connectivity index (χ4v) is 3.02. The first-order valence-corrected chi connectivity index (χ1v) is 9.08. The number of nitrogen functional groups attached to an aromatic ring is 1. The molecule has 0 unspecified atom stereocenters. The van der Waals surface area contributed by atoms with E-state index in [0.29, 0.717) is 16.7 Å². The van der Waals surface area contributed by atoms with Gasteiger partial charge in [0, 0.05) is 23.2 Å². The van der Waals surface area contributed by atoms with Crippen LogP contribution >= 0.6 is 11.6 Å². The van der Waals surface area contributed by atoms with E-state index in [-0.39, 0.29) is 17.7 Å².